The molecule has 0 spiro atoms. The molecule has 1 atom stereocenters. The highest BCUT2D eigenvalue weighted by Crippen LogP contribution is 2.09. The van der Waals surface area contributed by atoms with Gasteiger partial charge < -0.3 is 10.7 Å². The molecule has 0 aromatic carbocycles. The molecule has 1 aromatic heterocycles. The molecule has 0 radical (unpaired) electrons. The van der Waals surface area contributed by atoms with Gasteiger partial charge in [0, 0.05) is 35.4 Å². The lowest BCUT2D eigenvalue weighted by Gasteiger charge is -2.07. The SMILES string of the molecule is Cc1nc(NN)cc(NCCS(C)=O)n1. The van der Waals surface area contributed by atoms with Crippen molar-refractivity contribution in [1.29, 1.82) is 0 Å². The fraction of sp³-hybridized carbons (Fsp3) is 0.500. The number of nitrogens with two attached hydrogens (primary N) is 1. The lowest BCUT2D eigenvalue weighted by Crippen LogP contribution is -2.14. The van der Waals surface area contributed by atoms with Gasteiger partial charge in [-0.15, -0.1) is 0 Å². The number of nitrogens with one attached hydrogen (secondary N) is 2. The van der Waals surface area contributed by atoms with Crippen LogP contribution in [0.2, 0.25) is 0 Å². The van der Waals surface area contributed by atoms with E-state index in [1.807, 2.05) is 0 Å². The average Bonchev–Trinajstić information content (AvgIpc) is 2.16. The Balaban J connectivity index is 2.60. The standard InChI is InChI=1S/C8H15N5OS/c1-6-11-7(5-8(12-6)13-9)10-3-4-15(2)14/h5H,3-4,9H2,1-2H3,(H2,10,11,12,13). The van der Waals surface area contributed by atoms with Crippen LogP contribution in [0.25, 0.3) is 0 Å². The largest absolute Gasteiger partial charge is 0.369 e. The molecule has 4 N–H and O–H groups in total. The fourth-order valence-electron chi connectivity index (χ4n) is 1.06. The zero-order chi connectivity index (χ0) is 11.3. The molecule has 0 aliphatic rings. The van der Waals surface area contributed by atoms with Crippen LogP contribution in [-0.2, 0) is 10.8 Å². The fourth-order valence-corrected chi connectivity index (χ4v) is 1.44. The van der Waals surface area contributed by atoms with Gasteiger partial charge in [-0.25, -0.2) is 15.8 Å². The summed E-state index contributed by atoms with van der Waals surface area (Å²) in [5, 5.41) is 3.05. The number of rotatable bonds is 5. The molecule has 1 heterocycles. The third-order valence-corrected chi connectivity index (χ3v) is 2.46. The Bertz CT molecular complexity index is 357. The number of nitrogens with zero attached hydrogens (tertiary/aromatic N) is 2. The van der Waals surface area contributed by atoms with Crippen LogP contribution < -0.4 is 16.6 Å². The molecule has 7 heteroatoms. The number of hydrogen-bond donors (Lipinski definition) is 3. The predicted molar refractivity (Wildman–Crippen MR) is 62.0 cm³/mol. The van der Waals surface area contributed by atoms with Crippen molar-refractivity contribution in [3.05, 3.63) is 11.9 Å². The minimum Gasteiger partial charge on any atom is -0.369 e. The first-order valence-corrected chi connectivity index (χ1v) is 6.20. The molecule has 0 aliphatic carbocycles. The van der Waals surface area contributed by atoms with E-state index in [0.717, 1.165) is 0 Å². The van der Waals surface area contributed by atoms with Crippen LogP contribution in [0.5, 0.6) is 0 Å². The number of hydrogen-bond acceptors (Lipinski definition) is 6. The Morgan fingerprint density at radius 1 is 1.47 bits per heavy atom. The van der Waals surface area contributed by atoms with E-state index in [1.165, 1.54) is 0 Å². The van der Waals surface area contributed by atoms with E-state index < -0.39 is 10.8 Å². The zero-order valence-corrected chi connectivity index (χ0v) is 9.60. The van der Waals surface area contributed by atoms with Crippen molar-refractivity contribution in [1.82, 2.24) is 9.97 Å². The molecular weight excluding hydrogens is 214 g/mol. The van der Waals surface area contributed by atoms with Gasteiger partial charge in [-0.3, -0.25) is 4.21 Å². The minimum atomic E-state index is -0.798. The van der Waals surface area contributed by atoms with Gasteiger partial charge in [-0.2, -0.15) is 0 Å². The van der Waals surface area contributed by atoms with E-state index >= 15 is 0 Å². The van der Waals surface area contributed by atoms with Crippen molar-refractivity contribution in [2.45, 2.75) is 6.92 Å². The third-order valence-electron chi connectivity index (χ3n) is 1.68. The van der Waals surface area contributed by atoms with Gasteiger partial charge >= 0.3 is 0 Å². The second-order valence-corrected chi connectivity index (χ2v) is 4.59. The normalized spacial score (nSPS) is 12.2. The summed E-state index contributed by atoms with van der Waals surface area (Å²) in [7, 11) is -0.798. The Labute approximate surface area is 91.1 Å². The summed E-state index contributed by atoms with van der Waals surface area (Å²) in [6, 6.07) is 1.70. The molecule has 0 saturated carbocycles. The summed E-state index contributed by atoms with van der Waals surface area (Å²) in [4.78, 5) is 8.21. The highest BCUT2D eigenvalue weighted by Gasteiger charge is 2.00. The van der Waals surface area contributed by atoms with E-state index in [9.17, 15) is 4.21 Å². The summed E-state index contributed by atoms with van der Waals surface area (Å²) in [6.45, 7) is 2.40. The quantitative estimate of drug-likeness (QED) is 0.481. The topological polar surface area (TPSA) is 92.9 Å². The van der Waals surface area contributed by atoms with Crippen LogP contribution in [0.4, 0.5) is 11.6 Å². The molecule has 0 fully saturated rings. The van der Waals surface area contributed by atoms with Crippen molar-refractivity contribution < 1.29 is 4.21 Å². The van der Waals surface area contributed by atoms with Gasteiger partial charge in [0.05, 0.1) is 0 Å². The van der Waals surface area contributed by atoms with Gasteiger partial charge in [0.1, 0.15) is 17.5 Å². The van der Waals surface area contributed by atoms with E-state index in [4.69, 9.17) is 5.84 Å². The second-order valence-electron chi connectivity index (χ2n) is 3.03. The molecule has 84 valence electrons. The molecule has 0 aliphatic heterocycles. The van der Waals surface area contributed by atoms with Crippen molar-refractivity contribution in [2.75, 3.05) is 29.3 Å². The maximum Gasteiger partial charge on any atom is 0.145 e. The smallest absolute Gasteiger partial charge is 0.145 e. The van der Waals surface area contributed by atoms with Crippen LogP contribution in [0, 0.1) is 6.92 Å². The number of aryl methyl sites for hydroxylation is 1. The van der Waals surface area contributed by atoms with Crippen LogP contribution in [-0.4, -0.2) is 32.7 Å². The molecule has 15 heavy (non-hydrogen) atoms. The minimum absolute atomic E-state index is 0.558. The van der Waals surface area contributed by atoms with Crippen molar-refractivity contribution >= 4 is 22.4 Å². The highest BCUT2D eigenvalue weighted by molar-refractivity contribution is 7.84. The third kappa shape index (κ3) is 4.22. The number of nitrogen functional groups attached to an aromatic ring is 1. The van der Waals surface area contributed by atoms with Crippen molar-refractivity contribution in [3.63, 3.8) is 0 Å². The molecule has 1 unspecified atom stereocenters. The highest BCUT2D eigenvalue weighted by atomic mass is 32.2. The molecular formula is C8H15N5OS. The summed E-state index contributed by atoms with van der Waals surface area (Å²) >= 11 is 0. The Morgan fingerprint density at radius 2 is 2.13 bits per heavy atom. The summed E-state index contributed by atoms with van der Waals surface area (Å²) in [5.74, 6) is 7.71. The Kier molecular flexibility index (Phi) is 4.44. The summed E-state index contributed by atoms with van der Waals surface area (Å²) < 4.78 is 10.8. The Morgan fingerprint density at radius 3 is 2.73 bits per heavy atom. The van der Waals surface area contributed by atoms with E-state index in [-0.39, 0.29) is 0 Å². The molecule has 1 rings (SSSR count). The van der Waals surface area contributed by atoms with Gasteiger partial charge in [0.2, 0.25) is 0 Å². The summed E-state index contributed by atoms with van der Waals surface area (Å²) in [5.41, 5.74) is 2.46. The molecule has 0 amide bonds. The van der Waals surface area contributed by atoms with Crippen LogP contribution in [0.15, 0.2) is 6.07 Å². The molecule has 0 bridgehead atoms. The van der Waals surface area contributed by atoms with E-state index in [1.54, 1.807) is 19.2 Å². The van der Waals surface area contributed by atoms with Crippen LogP contribution in [0.1, 0.15) is 5.82 Å². The number of hydrazine groups is 1. The monoisotopic (exact) mass is 229 g/mol. The first kappa shape index (κ1) is 11.9. The molecule has 1 aromatic rings. The van der Waals surface area contributed by atoms with Crippen molar-refractivity contribution in [3.8, 4) is 0 Å². The lowest BCUT2D eigenvalue weighted by molar-refractivity contribution is 0.687. The lowest BCUT2D eigenvalue weighted by atomic mass is 10.5. The predicted octanol–water partition coefficient (Wildman–Crippen LogP) is -0.139. The second kappa shape index (κ2) is 5.62. The average molecular weight is 229 g/mol. The van der Waals surface area contributed by atoms with Gasteiger partial charge in [0.15, 0.2) is 0 Å². The number of aromatic nitrogens is 2. The maximum absolute atomic E-state index is 10.8. The summed E-state index contributed by atoms with van der Waals surface area (Å²) in [6.07, 6.45) is 1.67. The van der Waals surface area contributed by atoms with Crippen molar-refractivity contribution in [2.24, 2.45) is 5.84 Å². The number of anilines is 2. The van der Waals surface area contributed by atoms with E-state index in [0.29, 0.717) is 29.8 Å². The maximum atomic E-state index is 10.8. The van der Waals surface area contributed by atoms with E-state index in [2.05, 4.69) is 20.7 Å². The van der Waals surface area contributed by atoms with Gasteiger partial charge in [-0.1, -0.05) is 0 Å². The first-order valence-electron chi connectivity index (χ1n) is 4.48. The van der Waals surface area contributed by atoms with Gasteiger partial charge in [-0.05, 0) is 6.92 Å². The van der Waals surface area contributed by atoms with Gasteiger partial charge in [0.25, 0.3) is 0 Å². The molecule has 0 saturated heterocycles. The zero-order valence-electron chi connectivity index (χ0n) is 8.78. The molecule has 6 nitrogen and oxygen atoms in total. The van der Waals surface area contributed by atoms with Crippen LogP contribution >= 0.6 is 0 Å². The van der Waals surface area contributed by atoms with Crippen LogP contribution in [0.3, 0.4) is 0 Å². The first-order chi connectivity index (χ1) is 7.11. The Hall–Kier alpha value is -1.21.